The van der Waals surface area contributed by atoms with Crippen LogP contribution in [0.2, 0.25) is 0 Å². The molecule has 2 fully saturated rings. The summed E-state index contributed by atoms with van der Waals surface area (Å²) in [6.45, 7) is 5.82. The van der Waals surface area contributed by atoms with Gasteiger partial charge in [0.2, 0.25) is 0 Å². The Hall–Kier alpha value is -1.79. The maximum absolute atomic E-state index is 11.1. The number of nitrogens with zero attached hydrogens (tertiary/aromatic N) is 2. The number of hydrogen-bond donors (Lipinski definition) is 1. The fourth-order valence-corrected chi connectivity index (χ4v) is 3.79. The molecule has 0 aromatic heterocycles. The van der Waals surface area contributed by atoms with E-state index in [1.165, 1.54) is 5.56 Å². The van der Waals surface area contributed by atoms with Crippen LogP contribution in [0.25, 0.3) is 0 Å². The van der Waals surface area contributed by atoms with Gasteiger partial charge in [-0.3, -0.25) is 9.69 Å². The monoisotopic (exact) mass is 348 g/mol. The van der Waals surface area contributed by atoms with Gasteiger partial charge in [-0.05, 0) is 36.5 Å². The third-order valence-electron chi connectivity index (χ3n) is 5.51. The molecule has 0 amide bonds. The number of rotatable bonds is 7. The minimum Gasteiger partial charge on any atom is -0.497 e. The average Bonchev–Trinajstić information content (AvgIpc) is 2.59. The summed E-state index contributed by atoms with van der Waals surface area (Å²) in [7, 11) is 3.34. The van der Waals surface area contributed by atoms with E-state index >= 15 is 0 Å². The van der Waals surface area contributed by atoms with E-state index in [9.17, 15) is 9.90 Å². The molecule has 3 rings (SSSR count). The Morgan fingerprint density at radius 1 is 1.04 bits per heavy atom. The lowest BCUT2D eigenvalue weighted by molar-refractivity contribution is -0.148. The number of carbonyl (C=O) groups is 1. The summed E-state index contributed by atoms with van der Waals surface area (Å²) in [4.78, 5) is 16.0. The number of methoxy groups -OCH3 is 2. The highest BCUT2D eigenvalue weighted by molar-refractivity contribution is 5.71. The molecule has 2 aliphatic rings. The number of piperazine rings is 1. The van der Waals surface area contributed by atoms with Gasteiger partial charge < -0.3 is 19.5 Å². The lowest BCUT2D eigenvalue weighted by Crippen LogP contribution is -2.50. The van der Waals surface area contributed by atoms with E-state index in [1.807, 2.05) is 6.07 Å². The van der Waals surface area contributed by atoms with Crippen molar-refractivity contribution >= 4 is 5.97 Å². The second-order valence-electron chi connectivity index (χ2n) is 7.08. The number of hydrogen-bond acceptors (Lipinski definition) is 5. The lowest BCUT2D eigenvalue weighted by atomic mass is 9.73. The Labute approximate surface area is 149 Å². The van der Waals surface area contributed by atoms with Crippen molar-refractivity contribution in [1.82, 2.24) is 9.80 Å². The van der Waals surface area contributed by atoms with E-state index in [0.29, 0.717) is 5.92 Å². The zero-order valence-electron chi connectivity index (χ0n) is 15.1. The zero-order chi connectivity index (χ0) is 17.8. The highest BCUT2D eigenvalue weighted by Gasteiger charge is 2.37. The first-order valence-corrected chi connectivity index (χ1v) is 8.98. The van der Waals surface area contributed by atoms with Gasteiger partial charge in [-0.2, -0.15) is 0 Å². The first kappa shape index (κ1) is 18.0. The third kappa shape index (κ3) is 4.44. The second-order valence-corrected chi connectivity index (χ2v) is 7.08. The Kier molecular flexibility index (Phi) is 5.81. The summed E-state index contributed by atoms with van der Waals surface area (Å²) in [5.41, 5.74) is 1.19. The van der Waals surface area contributed by atoms with E-state index in [2.05, 4.69) is 21.9 Å². The quantitative estimate of drug-likeness (QED) is 0.812. The summed E-state index contributed by atoms with van der Waals surface area (Å²) >= 11 is 0. The topological polar surface area (TPSA) is 62.2 Å². The molecule has 1 N–H and O–H groups in total. The first-order chi connectivity index (χ1) is 12.1. The molecule has 1 saturated heterocycles. The van der Waals surface area contributed by atoms with Gasteiger partial charge in [0.1, 0.15) is 11.5 Å². The highest BCUT2D eigenvalue weighted by atomic mass is 16.5. The van der Waals surface area contributed by atoms with E-state index in [1.54, 1.807) is 14.2 Å². The molecular weight excluding hydrogens is 320 g/mol. The number of aliphatic carboxylic acids is 1. The van der Waals surface area contributed by atoms with Gasteiger partial charge in [-0.25, -0.2) is 0 Å². The molecule has 1 aliphatic carbocycles. The van der Waals surface area contributed by atoms with Gasteiger partial charge in [-0.15, -0.1) is 0 Å². The fourth-order valence-electron chi connectivity index (χ4n) is 3.79. The van der Waals surface area contributed by atoms with Crippen LogP contribution in [0.4, 0.5) is 0 Å². The molecule has 6 heteroatoms. The van der Waals surface area contributed by atoms with Crippen molar-refractivity contribution in [2.45, 2.75) is 19.4 Å². The smallest absolute Gasteiger partial charge is 0.306 e. The molecule has 1 heterocycles. The van der Waals surface area contributed by atoms with Crippen LogP contribution in [0.1, 0.15) is 18.4 Å². The van der Waals surface area contributed by atoms with Crippen molar-refractivity contribution in [2.24, 2.45) is 11.8 Å². The van der Waals surface area contributed by atoms with Gasteiger partial charge >= 0.3 is 5.97 Å². The minimum absolute atomic E-state index is 0.123. The summed E-state index contributed by atoms with van der Waals surface area (Å²) in [6, 6.07) is 6.00. The SMILES string of the molecule is COc1cc(CN2CCN(C[C@@H]3CC[C@@H]3C(=O)O)CC2)cc(OC)c1. The molecule has 1 aliphatic heterocycles. The molecule has 0 bridgehead atoms. The Bertz CT molecular complexity index is 577. The van der Waals surface area contributed by atoms with Crippen LogP contribution in [-0.4, -0.2) is 67.8 Å². The lowest BCUT2D eigenvalue weighted by Gasteiger charge is -2.41. The number of ether oxygens (including phenoxy) is 2. The zero-order valence-corrected chi connectivity index (χ0v) is 15.1. The van der Waals surface area contributed by atoms with Crippen molar-refractivity contribution in [3.63, 3.8) is 0 Å². The average molecular weight is 348 g/mol. The molecule has 25 heavy (non-hydrogen) atoms. The summed E-state index contributed by atoms with van der Waals surface area (Å²) in [6.07, 6.45) is 1.90. The molecule has 1 aromatic rings. The molecule has 1 aromatic carbocycles. The second kappa shape index (κ2) is 8.06. The van der Waals surface area contributed by atoms with Crippen LogP contribution >= 0.6 is 0 Å². The molecule has 138 valence electrons. The van der Waals surface area contributed by atoms with Crippen LogP contribution in [-0.2, 0) is 11.3 Å². The normalized spacial score (nSPS) is 24.6. The summed E-state index contributed by atoms with van der Waals surface area (Å²) in [5, 5.41) is 9.18. The van der Waals surface area contributed by atoms with Gasteiger partial charge in [0, 0.05) is 45.3 Å². The van der Waals surface area contributed by atoms with Crippen molar-refractivity contribution < 1.29 is 19.4 Å². The van der Waals surface area contributed by atoms with Crippen LogP contribution in [0, 0.1) is 11.8 Å². The molecule has 0 unspecified atom stereocenters. The molecule has 0 radical (unpaired) electrons. The van der Waals surface area contributed by atoms with Gasteiger partial charge in [0.05, 0.1) is 20.1 Å². The van der Waals surface area contributed by atoms with Gasteiger partial charge in [0.15, 0.2) is 0 Å². The Morgan fingerprint density at radius 2 is 1.64 bits per heavy atom. The van der Waals surface area contributed by atoms with Gasteiger partial charge in [0.25, 0.3) is 0 Å². The predicted octanol–water partition coefficient (Wildman–Crippen LogP) is 1.93. The fraction of sp³-hybridized carbons (Fsp3) is 0.632. The molecule has 0 spiro atoms. The molecule has 1 saturated carbocycles. The third-order valence-corrected chi connectivity index (χ3v) is 5.51. The minimum atomic E-state index is -0.623. The number of benzene rings is 1. The van der Waals surface area contributed by atoms with Crippen molar-refractivity contribution in [2.75, 3.05) is 46.9 Å². The maximum atomic E-state index is 11.1. The number of carboxylic acids is 1. The molecule has 2 atom stereocenters. The van der Waals surface area contributed by atoms with Crippen molar-refractivity contribution in [3.8, 4) is 11.5 Å². The summed E-state index contributed by atoms with van der Waals surface area (Å²) in [5.74, 6) is 1.23. The van der Waals surface area contributed by atoms with E-state index in [4.69, 9.17) is 9.47 Å². The van der Waals surface area contributed by atoms with E-state index in [0.717, 1.165) is 63.6 Å². The summed E-state index contributed by atoms with van der Waals surface area (Å²) < 4.78 is 10.7. The standard InChI is InChI=1S/C19H28N2O4/c1-24-16-9-14(10-17(11-16)25-2)12-20-5-7-21(8-6-20)13-15-3-4-18(15)19(22)23/h9-11,15,18H,3-8,12-13H2,1-2H3,(H,22,23)/t15-,18-/m0/s1. The largest absolute Gasteiger partial charge is 0.497 e. The molecular formula is C19H28N2O4. The van der Waals surface area contributed by atoms with Crippen molar-refractivity contribution in [1.29, 1.82) is 0 Å². The number of carboxylic acid groups (broad SMARTS) is 1. The van der Waals surface area contributed by atoms with E-state index in [-0.39, 0.29) is 5.92 Å². The van der Waals surface area contributed by atoms with Crippen LogP contribution < -0.4 is 9.47 Å². The highest BCUT2D eigenvalue weighted by Crippen LogP contribution is 2.35. The van der Waals surface area contributed by atoms with E-state index < -0.39 is 5.97 Å². The van der Waals surface area contributed by atoms with Gasteiger partial charge in [-0.1, -0.05) is 0 Å². The maximum Gasteiger partial charge on any atom is 0.306 e. The first-order valence-electron chi connectivity index (χ1n) is 8.98. The predicted molar refractivity (Wildman–Crippen MR) is 95.1 cm³/mol. The van der Waals surface area contributed by atoms with Crippen LogP contribution in [0.5, 0.6) is 11.5 Å². The van der Waals surface area contributed by atoms with Crippen molar-refractivity contribution in [3.05, 3.63) is 23.8 Å². The Morgan fingerprint density at radius 3 is 2.12 bits per heavy atom. The van der Waals surface area contributed by atoms with Crippen LogP contribution in [0.3, 0.4) is 0 Å². The van der Waals surface area contributed by atoms with Crippen LogP contribution in [0.15, 0.2) is 18.2 Å². The molecule has 6 nitrogen and oxygen atoms in total. The Balaban J connectivity index is 1.49.